The summed E-state index contributed by atoms with van der Waals surface area (Å²) in [4.78, 5) is 9.72. The highest BCUT2D eigenvalue weighted by Crippen LogP contribution is 2.47. The minimum absolute atomic E-state index is 0.101. The van der Waals surface area contributed by atoms with Gasteiger partial charge in [-0.1, -0.05) is 19.9 Å². The Balaban J connectivity index is 0.000000363. The number of methoxy groups -OCH3 is 1. The Bertz CT molecular complexity index is 545. The Morgan fingerprint density at radius 1 is 1.27 bits per heavy atom. The van der Waals surface area contributed by atoms with Gasteiger partial charge in [0.15, 0.2) is 0 Å². The molecule has 1 saturated heterocycles. The van der Waals surface area contributed by atoms with Gasteiger partial charge in [0, 0.05) is 5.92 Å². The molecule has 6 heteroatoms. The van der Waals surface area contributed by atoms with Gasteiger partial charge in [0.05, 0.1) is 24.4 Å². The summed E-state index contributed by atoms with van der Waals surface area (Å²) in [6.07, 6.45) is 9.62. The second kappa shape index (κ2) is 9.08. The number of allylic oxidation sites excluding steroid dienone is 2. The summed E-state index contributed by atoms with van der Waals surface area (Å²) in [6.45, 7) is 12.4. The van der Waals surface area contributed by atoms with Gasteiger partial charge in [0.1, 0.15) is 0 Å². The molecule has 2 unspecified atom stereocenters. The fraction of sp³-hybridized carbons (Fsp3) is 0.750. The van der Waals surface area contributed by atoms with Crippen molar-refractivity contribution < 1.29 is 23.9 Å². The Morgan fingerprint density at radius 3 is 2.19 bits per heavy atom. The van der Waals surface area contributed by atoms with Crippen LogP contribution in [0.1, 0.15) is 60.8 Å². The maximum atomic E-state index is 9.72. The molecule has 146 valence electrons. The lowest BCUT2D eigenvalue weighted by molar-refractivity contribution is -0.133. The zero-order valence-corrected chi connectivity index (χ0v) is 17.2. The molecular weight excluding hydrogens is 331 g/mol. The van der Waals surface area contributed by atoms with Gasteiger partial charge in [-0.25, -0.2) is 4.79 Å². The smallest absolute Gasteiger partial charge is 0.459 e. The van der Waals surface area contributed by atoms with E-state index >= 15 is 0 Å². The highest BCUT2D eigenvalue weighted by atomic mass is 16.7. The van der Waals surface area contributed by atoms with Gasteiger partial charge in [-0.15, -0.1) is 6.42 Å². The van der Waals surface area contributed by atoms with Gasteiger partial charge in [0.25, 0.3) is 0 Å². The van der Waals surface area contributed by atoms with Crippen LogP contribution in [0.3, 0.4) is 0 Å². The standard InChI is InChI=1S/C14H23BO3.C4H4O2.C2H6/c1-13(2)14(3,4)18-15(17-13)11-5-9-7-12(16)8-10(9)6-11;1-3-4(5)6-2;1-2/h5,9-10,12,16H,6-8H2,1-4H3;1H,2H3;1-2H3/t9-,10?,12?;;/m0../s1. The summed E-state index contributed by atoms with van der Waals surface area (Å²) in [5.74, 6) is 2.27. The molecule has 0 aromatic heterocycles. The second-order valence-electron chi connectivity index (χ2n) is 7.72. The van der Waals surface area contributed by atoms with E-state index in [0.717, 1.165) is 19.3 Å². The first-order valence-corrected chi connectivity index (χ1v) is 9.38. The molecule has 2 aliphatic carbocycles. The first-order chi connectivity index (χ1) is 12.1. The summed E-state index contributed by atoms with van der Waals surface area (Å²) in [5, 5.41) is 9.66. The number of fused-ring (bicyclic) bond motifs is 1. The minimum Gasteiger partial charge on any atom is -0.459 e. The van der Waals surface area contributed by atoms with Crippen molar-refractivity contribution in [3.8, 4) is 12.3 Å². The van der Waals surface area contributed by atoms with E-state index in [1.54, 1.807) is 5.92 Å². The van der Waals surface area contributed by atoms with Crippen molar-refractivity contribution in [3.63, 3.8) is 0 Å². The summed E-state index contributed by atoms with van der Waals surface area (Å²) < 4.78 is 16.2. The van der Waals surface area contributed by atoms with E-state index in [1.165, 1.54) is 12.6 Å². The van der Waals surface area contributed by atoms with Crippen molar-refractivity contribution in [1.82, 2.24) is 0 Å². The largest absolute Gasteiger partial charge is 0.490 e. The number of ether oxygens (including phenoxy) is 1. The maximum Gasteiger partial charge on any atom is 0.490 e. The minimum atomic E-state index is -0.630. The van der Waals surface area contributed by atoms with Gasteiger partial charge >= 0.3 is 13.1 Å². The maximum absolute atomic E-state index is 9.72. The van der Waals surface area contributed by atoms with Gasteiger partial charge in [-0.3, -0.25) is 0 Å². The van der Waals surface area contributed by atoms with E-state index in [1.807, 2.05) is 13.8 Å². The predicted octanol–water partition coefficient (Wildman–Crippen LogP) is 3.15. The zero-order valence-electron chi connectivity index (χ0n) is 17.2. The molecule has 0 aromatic rings. The lowest BCUT2D eigenvalue weighted by Crippen LogP contribution is -2.41. The molecule has 3 atom stereocenters. The highest BCUT2D eigenvalue weighted by Gasteiger charge is 2.54. The van der Waals surface area contributed by atoms with Crippen LogP contribution in [0.25, 0.3) is 0 Å². The molecule has 3 aliphatic rings. The zero-order chi connectivity index (χ0) is 20.1. The highest BCUT2D eigenvalue weighted by molar-refractivity contribution is 6.54. The molecule has 0 bridgehead atoms. The number of hydrogen-bond acceptors (Lipinski definition) is 5. The summed E-state index contributed by atoms with van der Waals surface area (Å²) >= 11 is 0. The van der Waals surface area contributed by atoms with Gasteiger partial charge < -0.3 is 19.2 Å². The number of terminal acetylenes is 1. The average molecular weight is 364 g/mol. The number of hydrogen-bond donors (Lipinski definition) is 1. The molecule has 0 aromatic carbocycles. The monoisotopic (exact) mass is 364 g/mol. The van der Waals surface area contributed by atoms with E-state index in [9.17, 15) is 9.90 Å². The van der Waals surface area contributed by atoms with Crippen molar-refractivity contribution in [1.29, 1.82) is 0 Å². The molecule has 3 rings (SSSR count). The number of esters is 1. The third-order valence-corrected chi connectivity index (χ3v) is 5.51. The van der Waals surface area contributed by atoms with E-state index in [-0.39, 0.29) is 24.4 Å². The fourth-order valence-corrected chi connectivity index (χ4v) is 3.44. The molecular formula is C20H33BO5. The lowest BCUT2D eigenvalue weighted by Gasteiger charge is -2.32. The summed E-state index contributed by atoms with van der Waals surface area (Å²) in [5.41, 5.74) is 0.779. The van der Waals surface area contributed by atoms with Crippen LogP contribution in [0.5, 0.6) is 0 Å². The molecule has 0 spiro atoms. The van der Waals surface area contributed by atoms with Crippen LogP contribution in [0, 0.1) is 24.2 Å². The molecule has 26 heavy (non-hydrogen) atoms. The van der Waals surface area contributed by atoms with Crippen LogP contribution in [0.15, 0.2) is 11.5 Å². The molecule has 0 radical (unpaired) electrons. The van der Waals surface area contributed by atoms with Gasteiger partial charge in [-0.2, -0.15) is 0 Å². The van der Waals surface area contributed by atoms with Crippen molar-refractivity contribution >= 4 is 13.1 Å². The lowest BCUT2D eigenvalue weighted by atomic mass is 9.76. The van der Waals surface area contributed by atoms with Crippen molar-refractivity contribution in [2.75, 3.05) is 7.11 Å². The topological polar surface area (TPSA) is 65.0 Å². The van der Waals surface area contributed by atoms with Crippen molar-refractivity contribution in [2.45, 2.75) is 78.1 Å². The first kappa shape index (κ1) is 22.8. The number of carbonyl (C=O) groups excluding carboxylic acids is 1. The van der Waals surface area contributed by atoms with Crippen molar-refractivity contribution in [2.24, 2.45) is 11.8 Å². The molecule has 0 amide bonds. The van der Waals surface area contributed by atoms with Crippen LogP contribution >= 0.6 is 0 Å². The van der Waals surface area contributed by atoms with E-state index in [2.05, 4.69) is 44.9 Å². The Hall–Kier alpha value is -1.29. The molecule has 5 nitrogen and oxygen atoms in total. The Labute approximate surface area is 158 Å². The van der Waals surface area contributed by atoms with Gasteiger partial charge in [-0.05, 0) is 64.3 Å². The molecule has 1 heterocycles. The molecule has 1 aliphatic heterocycles. The first-order valence-electron chi connectivity index (χ1n) is 9.38. The van der Waals surface area contributed by atoms with Crippen LogP contribution in [0.2, 0.25) is 0 Å². The van der Waals surface area contributed by atoms with Gasteiger partial charge in [0.2, 0.25) is 0 Å². The number of rotatable bonds is 1. The third kappa shape index (κ3) is 5.13. The molecule has 1 N–H and O–H groups in total. The fourth-order valence-electron chi connectivity index (χ4n) is 3.44. The SMILES string of the molecule is C#CC(=O)OC.CC.CC1(C)OB(C2=C[C@H]3CC(O)CC3C2)OC1(C)C. The summed E-state index contributed by atoms with van der Waals surface area (Å²) in [7, 11) is 1.06. The Kier molecular flexibility index (Phi) is 7.94. The quantitative estimate of drug-likeness (QED) is 0.335. The summed E-state index contributed by atoms with van der Waals surface area (Å²) in [6, 6.07) is 0. The van der Waals surface area contributed by atoms with E-state index in [0.29, 0.717) is 11.8 Å². The number of aliphatic hydroxyl groups excluding tert-OH is 1. The van der Waals surface area contributed by atoms with Crippen LogP contribution in [-0.4, -0.2) is 42.6 Å². The molecule has 1 saturated carbocycles. The Morgan fingerprint density at radius 2 is 1.81 bits per heavy atom. The predicted molar refractivity (Wildman–Crippen MR) is 103 cm³/mol. The van der Waals surface area contributed by atoms with E-state index < -0.39 is 5.97 Å². The van der Waals surface area contributed by atoms with Crippen LogP contribution in [0.4, 0.5) is 0 Å². The molecule has 2 fully saturated rings. The van der Waals surface area contributed by atoms with E-state index in [4.69, 9.17) is 9.31 Å². The average Bonchev–Trinajstić information content (AvgIpc) is 3.18. The third-order valence-electron chi connectivity index (χ3n) is 5.51. The van der Waals surface area contributed by atoms with Crippen LogP contribution in [-0.2, 0) is 18.8 Å². The second-order valence-corrected chi connectivity index (χ2v) is 7.72. The van der Waals surface area contributed by atoms with Crippen LogP contribution < -0.4 is 0 Å². The number of carbonyl (C=O) groups is 1. The van der Waals surface area contributed by atoms with Crippen molar-refractivity contribution in [3.05, 3.63) is 11.5 Å². The number of aliphatic hydroxyl groups is 1. The normalized spacial score (nSPS) is 30.0.